The van der Waals surface area contributed by atoms with Crippen molar-refractivity contribution in [2.75, 3.05) is 6.61 Å². The second kappa shape index (κ2) is 5.61. The zero-order valence-corrected chi connectivity index (χ0v) is 11.4. The highest BCUT2D eigenvalue weighted by Gasteiger charge is 2.22. The van der Waals surface area contributed by atoms with Crippen LogP contribution in [0.3, 0.4) is 0 Å². The predicted molar refractivity (Wildman–Crippen MR) is 72.2 cm³/mol. The number of carbonyl (C=O) groups excluding carboxylic acids is 1. The van der Waals surface area contributed by atoms with Crippen molar-refractivity contribution >= 4 is 11.7 Å². The third kappa shape index (κ3) is 2.69. The van der Waals surface area contributed by atoms with E-state index in [-0.39, 0.29) is 23.8 Å². The number of aromatic nitrogens is 2. The molecule has 1 aromatic carbocycles. The SMILES string of the molecule is CCOC(=O)c1c(C)nc(-c2ccc([N+](=O)[O-])cc2)n1O. The fourth-order valence-corrected chi connectivity index (χ4v) is 1.87. The van der Waals surface area contributed by atoms with E-state index in [0.717, 1.165) is 0 Å². The summed E-state index contributed by atoms with van der Waals surface area (Å²) in [7, 11) is 0. The topological polar surface area (TPSA) is 107 Å². The molecule has 1 N–H and O–H groups in total. The third-order valence-corrected chi connectivity index (χ3v) is 2.83. The number of imidazole rings is 1. The number of non-ortho nitro benzene ring substituents is 1. The van der Waals surface area contributed by atoms with Gasteiger partial charge in [0.1, 0.15) is 0 Å². The lowest BCUT2D eigenvalue weighted by Gasteiger charge is -2.04. The van der Waals surface area contributed by atoms with E-state index in [2.05, 4.69) is 4.98 Å². The zero-order valence-electron chi connectivity index (χ0n) is 11.4. The third-order valence-electron chi connectivity index (χ3n) is 2.83. The molecule has 1 heterocycles. The van der Waals surface area contributed by atoms with Crippen molar-refractivity contribution in [1.29, 1.82) is 0 Å². The van der Waals surface area contributed by atoms with Crippen LogP contribution in [-0.4, -0.2) is 32.4 Å². The number of hydrogen-bond donors (Lipinski definition) is 1. The molecule has 21 heavy (non-hydrogen) atoms. The molecular weight excluding hydrogens is 278 g/mol. The van der Waals surface area contributed by atoms with Gasteiger partial charge in [-0.2, -0.15) is 4.73 Å². The maximum absolute atomic E-state index is 11.7. The van der Waals surface area contributed by atoms with Gasteiger partial charge in [0.2, 0.25) is 0 Å². The normalized spacial score (nSPS) is 10.4. The van der Waals surface area contributed by atoms with Gasteiger partial charge in [0.15, 0.2) is 11.5 Å². The Kier molecular flexibility index (Phi) is 3.88. The summed E-state index contributed by atoms with van der Waals surface area (Å²) in [5, 5.41) is 20.7. The van der Waals surface area contributed by atoms with E-state index in [1.807, 2.05) is 0 Å². The maximum Gasteiger partial charge on any atom is 0.360 e. The van der Waals surface area contributed by atoms with Crippen molar-refractivity contribution in [2.24, 2.45) is 0 Å². The van der Waals surface area contributed by atoms with Gasteiger partial charge in [-0.15, -0.1) is 0 Å². The Morgan fingerprint density at radius 1 is 1.43 bits per heavy atom. The number of ether oxygens (including phenoxy) is 1. The number of nitro groups is 1. The second-order valence-corrected chi connectivity index (χ2v) is 4.21. The Morgan fingerprint density at radius 2 is 2.05 bits per heavy atom. The van der Waals surface area contributed by atoms with Crippen molar-refractivity contribution in [3.63, 3.8) is 0 Å². The van der Waals surface area contributed by atoms with Gasteiger partial charge in [0.25, 0.3) is 5.69 Å². The monoisotopic (exact) mass is 291 g/mol. The van der Waals surface area contributed by atoms with Gasteiger partial charge in [-0.25, -0.2) is 9.78 Å². The summed E-state index contributed by atoms with van der Waals surface area (Å²) >= 11 is 0. The zero-order chi connectivity index (χ0) is 15.6. The highest BCUT2D eigenvalue weighted by atomic mass is 16.6. The quantitative estimate of drug-likeness (QED) is 0.400. The molecule has 0 spiro atoms. The van der Waals surface area contributed by atoms with Crippen molar-refractivity contribution in [3.05, 3.63) is 45.8 Å². The molecule has 0 aliphatic carbocycles. The lowest BCUT2D eigenvalue weighted by Crippen LogP contribution is -2.12. The molecule has 8 heteroatoms. The summed E-state index contributed by atoms with van der Waals surface area (Å²) in [6.45, 7) is 3.40. The molecule has 2 aromatic rings. The molecule has 0 unspecified atom stereocenters. The number of esters is 1. The van der Waals surface area contributed by atoms with Crippen LogP contribution in [0, 0.1) is 17.0 Å². The first kappa shape index (κ1) is 14.5. The summed E-state index contributed by atoms with van der Waals surface area (Å²) in [6.07, 6.45) is 0. The number of nitrogens with zero attached hydrogens (tertiary/aromatic N) is 3. The maximum atomic E-state index is 11.7. The number of nitro benzene ring substituents is 1. The summed E-state index contributed by atoms with van der Waals surface area (Å²) in [5.74, 6) is -0.566. The first-order valence-electron chi connectivity index (χ1n) is 6.16. The van der Waals surface area contributed by atoms with Crippen LogP contribution in [0.2, 0.25) is 0 Å². The Labute approximate surface area is 119 Å². The van der Waals surface area contributed by atoms with Crippen LogP contribution in [0.1, 0.15) is 23.1 Å². The van der Waals surface area contributed by atoms with E-state index < -0.39 is 10.9 Å². The Bertz CT molecular complexity index is 691. The van der Waals surface area contributed by atoms with Gasteiger partial charge < -0.3 is 9.94 Å². The standard InChI is InChI=1S/C13H13N3O5/c1-3-21-13(17)11-8(2)14-12(15(11)18)9-4-6-10(7-5-9)16(19)20/h4-7,18H,3H2,1-2H3. The number of benzene rings is 1. The van der Waals surface area contributed by atoms with Crippen molar-refractivity contribution in [2.45, 2.75) is 13.8 Å². The van der Waals surface area contributed by atoms with Gasteiger partial charge >= 0.3 is 5.97 Å². The summed E-state index contributed by atoms with van der Waals surface area (Å²) in [6, 6.07) is 5.48. The lowest BCUT2D eigenvalue weighted by atomic mass is 10.2. The molecule has 0 radical (unpaired) electrons. The lowest BCUT2D eigenvalue weighted by molar-refractivity contribution is -0.384. The Balaban J connectivity index is 2.43. The van der Waals surface area contributed by atoms with Crippen LogP contribution < -0.4 is 0 Å². The van der Waals surface area contributed by atoms with E-state index in [9.17, 15) is 20.1 Å². The smallest absolute Gasteiger partial charge is 0.360 e. The molecule has 8 nitrogen and oxygen atoms in total. The molecule has 0 saturated carbocycles. The molecular formula is C13H13N3O5. The van der Waals surface area contributed by atoms with Crippen LogP contribution in [0.5, 0.6) is 0 Å². The van der Waals surface area contributed by atoms with Crippen LogP contribution in [0.25, 0.3) is 11.4 Å². The van der Waals surface area contributed by atoms with Gasteiger partial charge in [0.05, 0.1) is 17.2 Å². The fraction of sp³-hybridized carbons (Fsp3) is 0.231. The van der Waals surface area contributed by atoms with E-state index in [1.54, 1.807) is 13.8 Å². The first-order chi connectivity index (χ1) is 9.95. The van der Waals surface area contributed by atoms with Crippen molar-refractivity contribution in [3.8, 4) is 11.4 Å². The van der Waals surface area contributed by atoms with Crippen molar-refractivity contribution in [1.82, 2.24) is 9.71 Å². The molecule has 0 bridgehead atoms. The molecule has 0 aliphatic rings. The van der Waals surface area contributed by atoms with Gasteiger partial charge in [-0.1, -0.05) is 0 Å². The van der Waals surface area contributed by atoms with E-state index >= 15 is 0 Å². The van der Waals surface area contributed by atoms with Gasteiger partial charge in [-0.05, 0) is 26.0 Å². The highest BCUT2D eigenvalue weighted by Crippen LogP contribution is 2.23. The van der Waals surface area contributed by atoms with Crippen LogP contribution in [-0.2, 0) is 4.74 Å². The number of hydrogen-bond acceptors (Lipinski definition) is 6. The molecule has 0 fully saturated rings. The minimum Gasteiger partial charge on any atom is -0.461 e. The molecule has 1 aromatic heterocycles. The fourth-order valence-electron chi connectivity index (χ4n) is 1.87. The molecule has 0 saturated heterocycles. The number of carbonyl (C=O) groups is 1. The second-order valence-electron chi connectivity index (χ2n) is 4.21. The average Bonchev–Trinajstić information content (AvgIpc) is 2.74. The number of rotatable bonds is 4. The van der Waals surface area contributed by atoms with E-state index in [4.69, 9.17) is 4.74 Å². The predicted octanol–water partition coefficient (Wildman–Crippen LogP) is 2.18. The van der Waals surface area contributed by atoms with Gasteiger partial charge in [0, 0.05) is 17.7 Å². The Hall–Kier alpha value is -2.90. The summed E-state index contributed by atoms with van der Waals surface area (Å²) in [5.41, 5.74) is 0.619. The summed E-state index contributed by atoms with van der Waals surface area (Å²) in [4.78, 5) is 25.9. The first-order valence-corrected chi connectivity index (χ1v) is 6.16. The number of aryl methyl sites for hydroxylation is 1. The van der Waals surface area contributed by atoms with Crippen LogP contribution in [0.15, 0.2) is 24.3 Å². The molecule has 0 atom stereocenters. The van der Waals surface area contributed by atoms with Crippen LogP contribution in [0.4, 0.5) is 5.69 Å². The molecule has 110 valence electrons. The van der Waals surface area contributed by atoms with E-state index in [1.165, 1.54) is 24.3 Å². The van der Waals surface area contributed by atoms with Crippen LogP contribution >= 0.6 is 0 Å². The van der Waals surface area contributed by atoms with E-state index in [0.29, 0.717) is 16.0 Å². The van der Waals surface area contributed by atoms with Crippen molar-refractivity contribution < 1.29 is 19.7 Å². The Morgan fingerprint density at radius 3 is 2.57 bits per heavy atom. The average molecular weight is 291 g/mol. The highest BCUT2D eigenvalue weighted by molar-refractivity contribution is 5.89. The molecule has 2 rings (SSSR count). The molecule has 0 amide bonds. The largest absolute Gasteiger partial charge is 0.461 e. The molecule has 0 aliphatic heterocycles. The minimum atomic E-state index is -0.682. The van der Waals surface area contributed by atoms with Gasteiger partial charge in [-0.3, -0.25) is 10.1 Å². The summed E-state index contributed by atoms with van der Waals surface area (Å²) < 4.78 is 5.47. The minimum absolute atomic E-state index is 0.0646.